The van der Waals surface area contributed by atoms with Crippen molar-refractivity contribution in [3.63, 3.8) is 0 Å². The summed E-state index contributed by atoms with van der Waals surface area (Å²) in [5, 5.41) is 23.1. The van der Waals surface area contributed by atoms with Crippen LogP contribution in [0.25, 0.3) is 0 Å². The molecule has 0 unspecified atom stereocenters. The predicted molar refractivity (Wildman–Crippen MR) is 159 cm³/mol. The third-order valence-corrected chi connectivity index (χ3v) is 13.1. The van der Waals surface area contributed by atoms with Crippen LogP contribution in [0.15, 0.2) is 23.8 Å². The molecule has 238 valence electrons. The molecule has 9 atom stereocenters. The molecule has 4 N–H and O–H groups in total. The van der Waals surface area contributed by atoms with Gasteiger partial charge < -0.3 is 20.0 Å². The van der Waals surface area contributed by atoms with E-state index in [2.05, 4.69) is 0 Å². The minimum atomic E-state index is -3.91. The Morgan fingerprint density at radius 1 is 1.05 bits per heavy atom. The fraction of sp³-hybridized carbons (Fsp3) is 0.806. The van der Waals surface area contributed by atoms with Gasteiger partial charge in [0.15, 0.2) is 11.5 Å². The van der Waals surface area contributed by atoms with Gasteiger partial charge in [-0.3, -0.25) is 14.2 Å². The Labute approximate surface area is 252 Å². The number of hydrogen-bond acceptors (Lipinski definition) is 6. The third-order valence-electron chi connectivity index (χ3n) is 11.1. The van der Waals surface area contributed by atoms with E-state index in [9.17, 15) is 24.4 Å². The molecular formula is C31H47F2O7PS. The number of carbonyl (C=O) groups is 2. The average Bonchev–Trinajstić information content (AvgIpc) is 3.11. The van der Waals surface area contributed by atoms with Gasteiger partial charge in [0, 0.05) is 28.7 Å². The minimum Gasteiger partial charge on any atom is -0.390 e. The number of carbonyl (C=O) groups excluding carboxylic acids is 2. The molecule has 0 radical (unpaired) electrons. The van der Waals surface area contributed by atoms with E-state index in [-0.39, 0.29) is 29.7 Å². The first-order valence-corrected chi connectivity index (χ1v) is 18.2. The molecule has 11 heteroatoms. The lowest BCUT2D eigenvalue weighted by Gasteiger charge is -2.63. The SMILES string of the molecule is C[C@@H]1C[C@H]2[C@@H]3C[C@H](F)C4=CC(=O)C=C[C@]4(C)[C@@]3(F)[C@@H](O)C[C@]2(C)[C@@]1(O)C(=O)SCCCCCCCCCCP(=O)(O)O. The van der Waals surface area contributed by atoms with E-state index in [1.807, 2.05) is 0 Å². The van der Waals surface area contributed by atoms with E-state index >= 15 is 8.78 Å². The van der Waals surface area contributed by atoms with Crippen LogP contribution in [0.1, 0.15) is 91.4 Å². The van der Waals surface area contributed by atoms with Gasteiger partial charge in [-0.05, 0) is 68.6 Å². The molecule has 3 saturated carbocycles. The summed E-state index contributed by atoms with van der Waals surface area (Å²) in [5.41, 5.74) is -6.57. The second-order valence-corrected chi connectivity index (χ2v) is 16.5. The molecule has 0 aromatic carbocycles. The number of aliphatic hydroxyl groups excluding tert-OH is 1. The van der Waals surface area contributed by atoms with Crippen molar-refractivity contribution < 1.29 is 42.9 Å². The third kappa shape index (κ3) is 5.78. The Hall–Kier alpha value is -0.900. The Kier molecular flexibility index (Phi) is 10.1. The fourth-order valence-electron chi connectivity index (χ4n) is 8.73. The zero-order valence-electron chi connectivity index (χ0n) is 24.9. The Morgan fingerprint density at radius 2 is 1.64 bits per heavy atom. The monoisotopic (exact) mass is 632 g/mol. The highest BCUT2D eigenvalue weighted by Crippen LogP contribution is 2.71. The number of ketones is 1. The van der Waals surface area contributed by atoms with Crippen LogP contribution in [0, 0.1) is 28.6 Å². The van der Waals surface area contributed by atoms with Gasteiger partial charge in [-0.25, -0.2) is 8.78 Å². The van der Waals surface area contributed by atoms with E-state index in [4.69, 9.17) is 9.79 Å². The molecular weight excluding hydrogens is 585 g/mol. The van der Waals surface area contributed by atoms with E-state index in [1.165, 1.54) is 12.2 Å². The van der Waals surface area contributed by atoms with Crippen LogP contribution in [0.4, 0.5) is 8.78 Å². The second kappa shape index (κ2) is 12.5. The molecule has 0 heterocycles. The zero-order valence-corrected chi connectivity index (χ0v) is 26.6. The number of halogens is 2. The Morgan fingerprint density at radius 3 is 2.26 bits per heavy atom. The first-order chi connectivity index (χ1) is 19.5. The molecule has 42 heavy (non-hydrogen) atoms. The van der Waals surface area contributed by atoms with Crippen LogP contribution >= 0.6 is 19.4 Å². The van der Waals surface area contributed by atoms with E-state index in [1.54, 1.807) is 20.8 Å². The number of thioether (sulfide) groups is 1. The van der Waals surface area contributed by atoms with E-state index < -0.39 is 65.5 Å². The van der Waals surface area contributed by atoms with Crippen molar-refractivity contribution in [2.24, 2.45) is 28.6 Å². The molecule has 4 aliphatic rings. The second-order valence-electron chi connectivity index (χ2n) is 13.6. The van der Waals surface area contributed by atoms with Gasteiger partial charge >= 0.3 is 7.60 Å². The molecule has 0 bridgehead atoms. The zero-order chi connectivity index (χ0) is 31.1. The summed E-state index contributed by atoms with van der Waals surface area (Å²) in [7, 11) is -3.91. The summed E-state index contributed by atoms with van der Waals surface area (Å²) in [5.74, 6) is -1.79. The number of rotatable bonds is 12. The van der Waals surface area contributed by atoms with Crippen molar-refractivity contribution in [3.8, 4) is 0 Å². The van der Waals surface area contributed by atoms with Gasteiger partial charge in [-0.1, -0.05) is 70.2 Å². The lowest BCUT2D eigenvalue weighted by atomic mass is 9.44. The van der Waals surface area contributed by atoms with E-state index in [0.29, 0.717) is 18.6 Å². The van der Waals surface area contributed by atoms with Crippen LogP contribution in [-0.2, 0) is 14.2 Å². The van der Waals surface area contributed by atoms with Crippen molar-refractivity contribution in [2.75, 3.05) is 11.9 Å². The standard InChI is InChI=1S/C31H47F2O7PS/c1-20-16-22-23-18-25(32)24-17-21(34)12-13-28(24,2)30(23,33)26(35)19-29(22,3)31(20,37)27(36)42-15-11-9-7-5-4-6-8-10-14-41(38,39)40/h12-13,17,20,22-23,25-26,35,37H,4-11,14-16,18-19H2,1-3H3,(H2,38,39,40)/t20-,22+,23+,25+,26+,28+,29+,30+,31+/m1/s1. The first-order valence-electron chi connectivity index (χ1n) is 15.4. The topological polar surface area (TPSA) is 132 Å². The normalized spacial score (nSPS) is 41.2. The van der Waals surface area contributed by atoms with Crippen LogP contribution in [0.5, 0.6) is 0 Å². The summed E-state index contributed by atoms with van der Waals surface area (Å²) in [6.07, 6.45) is 7.59. The number of aliphatic hydroxyl groups is 2. The van der Waals surface area contributed by atoms with Gasteiger partial charge in [0.1, 0.15) is 11.8 Å². The van der Waals surface area contributed by atoms with Gasteiger partial charge in [-0.2, -0.15) is 0 Å². The molecule has 4 rings (SSSR count). The first kappa shape index (κ1) is 34.0. The molecule has 0 aliphatic heterocycles. The highest BCUT2D eigenvalue weighted by atomic mass is 32.2. The van der Waals surface area contributed by atoms with Gasteiger partial charge in [0.25, 0.3) is 0 Å². The summed E-state index contributed by atoms with van der Waals surface area (Å²) in [4.78, 5) is 43.4. The summed E-state index contributed by atoms with van der Waals surface area (Å²) < 4.78 is 43.8. The maximum atomic E-state index is 17.3. The number of unbranched alkanes of at least 4 members (excludes halogenated alkanes) is 7. The molecule has 0 spiro atoms. The van der Waals surface area contributed by atoms with E-state index in [0.717, 1.165) is 62.8 Å². The highest BCUT2D eigenvalue weighted by Gasteiger charge is 2.76. The molecule has 3 fully saturated rings. The van der Waals surface area contributed by atoms with Crippen molar-refractivity contribution in [1.82, 2.24) is 0 Å². The molecule has 0 aromatic heterocycles. The number of alkyl halides is 2. The fourth-order valence-corrected chi connectivity index (χ4v) is 10.6. The Bertz CT molecular complexity index is 1160. The molecule has 4 aliphatic carbocycles. The maximum absolute atomic E-state index is 17.3. The van der Waals surface area contributed by atoms with Gasteiger partial charge in [0.05, 0.1) is 6.10 Å². The van der Waals surface area contributed by atoms with Crippen LogP contribution in [0.2, 0.25) is 0 Å². The van der Waals surface area contributed by atoms with Crippen LogP contribution in [0.3, 0.4) is 0 Å². The quantitative estimate of drug-likeness (QED) is 0.156. The van der Waals surface area contributed by atoms with Crippen LogP contribution in [-0.4, -0.2) is 66.4 Å². The number of allylic oxidation sites excluding steroid dienone is 4. The number of hydrogen-bond donors (Lipinski definition) is 4. The summed E-state index contributed by atoms with van der Waals surface area (Å²) in [6, 6.07) is 0. The average molecular weight is 633 g/mol. The van der Waals surface area contributed by atoms with Crippen molar-refractivity contribution in [3.05, 3.63) is 23.8 Å². The lowest BCUT2D eigenvalue weighted by Crippen LogP contribution is -2.70. The maximum Gasteiger partial charge on any atom is 0.325 e. The lowest BCUT2D eigenvalue weighted by molar-refractivity contribution is -0.221. The molecule has 0 amide bonds. The molecule has 0 saturated heterocycles. The molecule has 7 nitrogen and oxygen atoms in total. The van der Waals surface area contributed by atoms with Gasteiger partial charge in [0.2, 0.25) is 5.12 Å². The van der Waals surface area contributed by atoms with Crippen molar-refractivity contribution >= 4 is 30.3 Å². The Balaban J connectivity index is 1.35. The van der Waals surface area contributed by atoms with Crippen LogP contribution < -0.4 is 0 Å². The minimum absolute atomic E-state index is 0.0595. The smallest absolute Gasteiger partial charge is 0.325 e. The van der Waals surface area contributed by atoms with Gasteiger partial charge in [-0.15, -0.1) is 0 Å². The largest absolute Gasteiger partial charge is 0.390 e. The predicted octanol–water partition coefficient (Wildman–Crippen LogP) is 5.84. The number of fused-ring (bicyclic) bond motifs is 5. The summed E-state index contributed by atoms with van der Waals surface area (Å²) in [6.45, 7) is 5.09. The van der Waals surface area contributed by atoms with Crippen molar-refractivity contribution in [2.45, 2.75) is 115 Å². The highest BCUT2D eigenvalue weighted by molar-refractivity contribution is 8.13. The summed E-state index contributed by atoms with van der Waals surface area (Å²) >= 11 is 1.09. The van der Waals surface area contributed by atoms with Crippen molar-refractivity contribution in [1.29, 1.82) is 0 Å². The molecule has 0 aromatic rings.